The van der Waals surface area contributed by atoms with Gasteiger partial charge in [-0.2, -0.15) is 0 Å². The fourth-order valence-electron chi connectivity index (χ4n) is 3.26. The zero-order valence-electron chi connectivity index (χ0n) is 17.9. The minimum Gasteiger partial charge on any atom is -0.493 e. The highest BCUT2D eigenvalue weighted by atomic mass is 35.5. The molecular formula is C25H18ClF2NO4S. The van der Waals surface area contributed by atoms with Gasteiger partial charge in [-0.15, -0.1) is 0 Å². The second kappa shape index (κ2) is 10.3. The van der Waals surface area contributed by atoms with E-state index in [0.717, 1.165) is 22.2 Å². The van der Waals surface area contributed by atoms with Gasteiger partial charge in [-0.25, -0.2) is 8.78 Å². The number of ether oxygens (including phenoxy) is 2. The summed E-state index contributed by atoms with van der Waals surface area (Å²) in [5.74, 6) is -0.562. The molecular weight excluding hydrogens is 484 g/mol. The van der Waals surface area contributed by atoms with Crippen LogP contribution < -0.4 is 9.47 Å². The first kappa shape index (κ1) is 23.8. The van der Waals surface area contributed by atoms with Gasteiger partial charge in [0.25, 0.3) is 11.1 Å². The molecule has 0 N–H and O–H groups in total. The lowest BCUT2D eigenvalue weighted by molar-refractivity contribution is -0.123. The summed E-state index contributed by atoms with van der Waals surface area (Å²) in [5, 5.41) is -0.370. The Bertz CT molecular complexity index is 1260. The van der Waals surface area contributed by atoms with E-state index < -0.39 is 17.0 Å². The molecule has 0 bridgehead atoms. The first-order valence-electron chi connectivity index (χ1n) is 10.1. The van der Waals surface area contributed by atoms with E-state index in [4.69, 9.17) is 21.1 Å². The van der Waals surface area contributed by atoms with Crippen molar-refractivity contribution in [1.29, 1.82) is 0 Å². The molecule has 0 radical (unpaired) electrons. The molecule has 5 nitrogen and oxygen atoms in total. The van der Waals surface area contributed by atoms with Crippen molar-refractivity contribution in [3.8, 4) is 11.5 Å². The zero-order chi connectivity index (χ0) is 24.2. The van der Waals surface area contributed by atoms with Gasteiger partial charge in [0, 0.05) is 10.6 Å². The Morgan fingerprint density at radius 2 is 1.79 bits per heavy atom. The van der Waals surface area contributed by atoms with Crippen LogP contribution in [-0.4, -0.2) is 23.2 Å². The van der Waals surface area contributed by atoms with Crippen LogP contribution >= 0.6 is 23.4 Å². The van der Waals surface area contributed by atoms with Crippen molar-refractivity contribution in [2.75, 3.05) is 7.11 Å². The van der Waals surface area contributed by atoms with Crippen LogP contribution in [0.4, 0.5) is 13.6 Å². The highest BCUT2D eigenvalue weighted by Gasteiger charge is 2.36. The van der Waals surface area contributed by atoms with Crippen molar-refractivity contribution in [3.05, 3.63) is 98.9 Å². The normalized spacial score (nSPS) is 14.7. The molecule has 1 aliphatic rings. The molecule has 3 aromatic carbocycles. The maximum Gasteiger partial charge on any atom is 0.293 e. The molecule has 0 unspecified atom stereocenters. The van der Waals surface area contributed by atoms with Crippen molar-refractivity contribution in [3.63, 3.8) is 0 Å². The standard InChI is InChI=1S/C25H18ClF2NO4S/c1-32-22-11-16(7-10-21(22)33-14-15-5-8-17(27)9-6-15)12-23-24(30)29(25(31)34-23)13-18-19(26)3-2-4-20(18)28/h2-12H,13-14H2,1H3/b23-12-. The van der Waals surface area contributed by atoms with Crippen LogP contribution in [0, 0.1) is 11.6 Å². The topological polar surface area (TPSA) is 55.8 Å². The van der Waals surface area contributed by atoms with E-state index in [2.05, 4.69) is 0 Å². The molecule has 3 aromatic rings. The van der Waals surface area contributed by atoms with Crippen LogP contribution in [0.5, 0.6) is 11.5 Å². The highest BCUT2D eigenvalue weighted by molar-refractivity contribution is 8.18. The second-order valence-electron chi connectivity index (χ2n) is 7.29. The summed E-state index contributed by atoms with van der Waals surface area (Å²) >= 11 is 6.80. The summed E-state index contributed by atoms with van der Waals surface area (Å²) in [7, 11) is 1.48. The first-order valence-corrected chi connectivity index (χ1v) is 11.3. The molecule has 0 atom stereocenters. The summed E-state index contributed by atoms with van der Waals surface area (Å²) in [6.45, 7) is -0.0412. The van der Waals surface area contributed by atoms with Gasteiger partial charge in [-0.1, -0.05) is 35.9 Å². The van der Waals surface area contributed by atoms with Crippen LogP contribution in [0.3, 0.4) is 0 Å². The smallest absolute Gasteiger partial charge is 0.293 e. The molecule has 0 aliphatic carbocycles. The fourth-order valence-corrected chi connectivity index (χ4v) is 4.33. The Kier molecular flexibility index (Phi) is 7.19. The van der Waals surface area contributed by atoms with E-state index in [0.29, 0.717) is 17.1 Å². The lowest BCUT2D eigenvalue weighted by atomic mass is 10.1. The Labute approximate surface area is 203 Å². The molecule has 174 valence electrons. The average molecular weight is 502 g/mol. The average Bonchev–Trinajstić information content (AvgIpc) is 3.08. The number of carbonyl (C=O) groups excluding carboxylic acids is 2. The second-order valence-corrected chi connectivity index (χ2v) is 8.69. The van der Waals surface area contributed by atoms with Gasteiger partial charge < -0.3 is 9.47 Å². The largest absolute Gasteiger partial charge is 0.493 e. The fraction of sp³-hybridized carbons (Fsp3) is 0.120. The van der Waals surface area contributed by atoms with Crippen LogP contribution in [-0.2, 0) is 17.9 Å². The zero-order valence-corrected chi connectivity index (χ0v) is 19.5. The number of carbonyl (C=O) groups is 2. The molecule has 4 rings (SSSR count). The van der Waals surface area contributed by atoms with Crippen molar-refractivity contribution in [2.45, 2.75) is 13.2 Å². The van der Waals surface area contributed by atoms with Gasteiger partial charge in [0.15, 0.2) is 11.5 Å². The minimum absolute atomic E-state index is 0.0806. The van der Waals surface area contributed by atoms with E-state index in [1.54, 1.807) is 36.4 Å². The van der Waals surface area contributed by atoms with Gasteiger partial charge in [-0.05, 0) is 65.4 Å². The van der Waals surface area contributed by atoms with E-state index in [1.165, 1.54) is 37.4 Å². The molecule has 34 heavy (non-hydrogen) atoms. The van der Waals surface area contributed by atoms with E-state index in [9.17, 15) is 18.4 Å². The van der Waals surface area contributed by atoms with Crippen LogP contribution in [0.15, 0.2) is 65.6 Å². The third-order valence-corrected chi connectivity index (χ3v) is 6.31. The van der Waals surface area contributed by atoms with Gasteiger partial charge in [0.2, 0.25) is 0 Å². The van der Waals surface area contributed by atoms with Gasteiger partial charge in [0.05, 0.1) is 18.6 Å². The van der Waals surface area contributed by atoms with E-state index >= 15 is 0 Å². The van der Waals surface area contributed by atoms with Crippen molar-refractivity contribution in [2.24, 2.45) is 0 Å². The third kappa shape index (κ3) is 5.24. The number of thioether (sulfide) groups is 1. The predicted molar refractivity (Wildman–Crippen MR) is 127 cm³/mol. The number of hydrogen-bond acceptors (Lipinski definition) is 5. The Hall–Kier alpha value is -3.36. The van der Waals surface area contributed by atoms with Gasteiger partial charge in [-0.3, -0.25) is 14.5 Å². The summed E-state index contributed by atoms with van der Waals surface area (Å²) < 4.78 is 38.3. The Balaban J connectivity index is 1.50. The highest BCUT2D eigenvalue weighted by Crippen LogP contribution is 2.36. The molecule has 2 amide bonds. The molecule has 0 saturated carbocycles. The molecule has 1 saturated heterocycles. The molecule has 9 heteroatoms. The lowest BCUT2D eigenvalue weighted by Crippen LogP contribution is -2.28. The number of rotatable bonds is 7. The predicted octanol–water partition coefficient (Wildman–Crippen LogP) is 6.44. The van der Waals surface area contributed by atoms with Crippen molar-refractivity contribution >= 4 is 40.6 Å². The van der Waals surface area contributed by atoms with Gasteiger partial charge in [0.1, 0.15) is 18.2 Å². The van der Waals surface area contributed by atoms with E-state index in [1.807, 2.05) is 0 Å². The Morgan fingerprint density at radius 3 is 2.50 bits per heavy atom. The summed E-state index contributed by atoms with van der Waals surface area (Å²) in [5.41, 5.74) is 1.48. The van der Waals surface area contributed by atoms with E-state index in [-0.39, 0.29) is 34.5 Å². The summed E-state index contributed by atoms with van der Waals surface area (Å²) in [4.78, 5) is 26.4. The first-order chi connectivity index (χ1) is 16.4. The number of halogens is 3. The Morgan fingerprint density at radius 1 is 1.03 bits per heavy atom. The molecule has 0 spiro atoms. The molecule has 1 aliphatic heterocycles. The van der Waals surface area contributed by atoms with Gasteiger partial charge >= 0.3 is 0 Å². The minimum atomic E-state index is -0.587. The molecule has 1 heterocycles. The number of hydrogen-bond donors (Lipinski definition) is 0. The van der Waals surface area contributed by atoms with Crippen LogP contribution in [0.2, 0.25) is 5.02 Å². The monoisotopic (exact) mass is 501 g/mol. The molecule has 1 fully saturated rings. The maximum absolute atomic E-state index is 14.1. The number of imide groups is 1. The lowest BCUT2D eigenvalue weighted by Gasteiger charge is -2.14. The number of methoxy groups -OCH3 is 1. The van der Waals surface area contributed by atoms with Crippen LogP contribution in [0.1, 0.15) is 16.7 Å². The maximum atomic E-state index is 14.1. The number of nitrogens with zero attached hydrogens (tertiary/aromatic N) is 1. The van der Waals surface area contributed by atoms with Crippen molar-refractivity contribution in [1.82, 2.24) is 4.90 Å². The van der Waals surface area contributed by atoms with Crippen LogP contribution in [0.25, 0.3) is 6.08 Å². The molecule has 0 aromatic heterocycles. The van der Waals surface area contributed by atoms with Crippen molar-refractivity contribution < 1.29 is 27.8 Å². The number of amides is 2. The number of benzene rings is 3. The quantitative estimate of drug-likeness (QED) is 0.349. The summed E-state index contributed by atoms with van der Waals surface area (Å²) in [6.07, 6.45) is 1.56. The third-order valence-electron chi connectivity index (χ3n) is 5.04. The summed E-state index contributed by atoms with van der Waals surface area (Å²) in [6, 6.07) is 15.2. The SMILES string of the molecule is COc1cc(/C=C2\SC(=O)N(Cc3c(F)cccc3Cl)C2=O)ccc1OCc1ccc(F)cc1.